The van der Waals surface area contributed by atoms with Crippen molar-refractivity contribution in [3.63, 3.8) is 0 Å². The smallest absolute Gasteiger partial charge is 0.478 e. The summed E-state index contributed by atoms with van der Waals surface area (Å²) in [7, 11) is 0. The number of aromatic carboxylic acids is 1. The van der Waals surface area contributed by atoms with E-state index >= 15 is 0 Å². The number of hydrogen-bond acceptors (Lipinski definition) is 4. The van der Waals surface area contributed by atoms with Gasteiger partial charge >= 0.3 is 18.1 Å². The molecule has 1 aliphatic heterocycles. The fraction of sp³-hybridized carbons (Fsp3) is 0.400. The summed E-state index contributed by atoms with van der Waals surface area (Å²) in [6.45, 7) is 7.80. The minimum Gasteiger partial charge on any atom is -0.478 e. The van der Waals surface area contributed by atoms with Gasteiger partial charge in [0.2, 0.25) is 5.91 Å². The van der Waals surface area contributed by atoms with E-state index in [0.29, 0.717) is 18.0 Å². The maximum atomic E-state index is 12.1. The Morgan fingerprint density at radius 3 is 2.29 bits per heavy atom. The molecule has 2 aromatic carbocycles. The normalized spacial score (nSPS) is 15.4. The Morgan fingerprint density at radius 2 is 1.74 bits per heavy atom. The van der Waals surface area contributed by atoms with E-state index in [1.54, 1.807) is 12.1 Å². The molecule has 0 saturated carbocycles. The second kappa shape index (κ2) is 11.7. The quantitative estimate of drug-likeness (QED) is 0.503. The second-order valence-corrected chi connectivity index (χ2v) is 8.77. The van der Waals surface area contributed by atoms with E-state index in [0.717, 1.165) is 25.2 Å². The van der Waals surface area contributed by atoms with Gasteiger partial charge in [-0.3, -0.25) is 4.79 Å². The molecule has 10 heteroatoms. The SMILES string of the molecule is Cc1ccccc1C1CCN(c2ccc(NC(=O)CC(C)C)c(C(=O)O)c2)C1.O=C(O)C(F)(F)F. The first kappa shape index (κ1) is 27.7. The van der Waals surface area contributed by atoms with Gasteiger partial charge in [0.1, 0.15) is 0 Å². The highest BCUT2D eigenvalue weighted by Gasteiger charge is 2.38. The van der Waals surface area contributed by atoms with Gasteiger partial charge in [-0.1, -0.05) is 38.1 Å². The van der Waals surface area contributed by atoms with Crippen LogP contribution in [0.25, 0.3) is 0 Å². The Bertz CT molecular complexity index is 1070. The van der Waals surface area contributed by atoms with Gasteiger partial charge in [0.05, 0.1) is 11.3 Å². The lowest BCUT2D eigenvalue weighted by atomic mass is 9.94. The third-order valence-corrected chi connectivity index (χ3v) is 5.53. The Balaban J connectivity index is 0.000000540. The standard InChI is InChI=1S/C23H28N2O3.C2HF3O2/c1-15(2)12-22(26)24-21-9-8-18(13-20(21)23(27)28)25-11-10-17(14-25)19-7-5-4-6-16(19)3;3-2(4,5)1(6)7/h4-9,13,15,17H,10-12,14H2,1-3H3,(H,24,26)(H,27,28);(H,6,7). The number of halogens is 3. The molecule has 3 N–H and O–H groups in total. The van der Waals surface area contributed by atoms with Gasteiger partial charge in [-0.2, -0.15) is 13.2 Å². The number of carbonyl (C=O) groups excluding carboxylic acids is 1. The Morgan fingerprint density at radius 1 is 1.11 bits per heavy atom. The first-order chi connectivity index (χ1) is 16.3. The van der Waals surface area contributed by atoms with Gasteiger partial charge < -0.3 is 20.4 Å². The van der Waals surface area contributed by atoms with Crippen molar-refractivity contribution in [2.45, 2.75) is 45.7 Å². The number of rotatable bonds is 6. The van der Waals surface area contributed by atoms with E-state index in [2.05, 4.69) is 41.4 Å². The van der Waals surface area contributed by atoms with Crippen LogP contribution in [0.15, 0.2) is 42.5 Å². The maximum absolute atomic E-state index is 12.1. The number of nitrogens with one attached hydrogen (secondary N) is 1. The van der Waals surface area contributed by atoms with Gasteiger partial charge in [0.15, 0.2) is 0 Å². The van der Waals surface area contributed by atoms with E-state index in [9.17, 15) is 27.9 Å². The van der Waals surface area contributed by atoms with Crippen molar-refractivity contribution in [2.24, 2.45) is 5.92 Å². The number of hydrogen-bond donors (Lipinski definition) is 3. The monoisotopic (exact) mass is 494 g/mol. The average Bonchev–Trinajstić information content (AvgIpc) is 3.23. The van der Waals surface area contributed by atoms with Crippen molar-refractivity contribution < 1.29 is 37.8 Å². The largest absolute Gasteiger partial charge is 0.490 e. The van der Waals surface area contributed by atoms with Gasteiger partial charge in [0.25, 0.3) is 0 Å². The molecule has 35 heavy (non-hydrogen) atoms. The summed E-state index contributed by atoms with van der Waals surface area (Å²) in [6.07, 6.45) is -3.68. The Kier molecular flexibility index (Phi) is 9.27. The number of anilines is 2. The Hall–Kier alpha value is -3.56. The van der Waals surface area contributed by atoms with Crippen LogP contribution in [-0.2, 0) is 9.59 Å². The molecule has 2 aromatic rings. The number of carboxylic acid groups (broad SMARTS) is 2. The predicted molar refractivity (Wildman–Crippen MR) is 126 cm³/mol. The lowest BCUT2D eigenvalue weighted by Crippen LogP contribution is -2.21. The minimum absolute atomic E-state index is 0.133. The summed E-state index contributed by atoms with van der Waals surface area (Å²) in [5.74, 6) is -3.29. The fourth-order valence-corrected chi connectivity index (χ4v) is 3.88. The number of aliphatic carboxylic acids is 1. The van der Waals surface area contributed by atoms with Crippen molar-refractivity contribution in [1.82, 2.24) is 0 Å². The molecule has 1 atom stereocenters. The van der Waals surface area contributed by atoms with Crippen LogP contribution in [0, 0.1) is 12.8 Å². The maximum Gasteiger partial charge on any atom is 0.490 e. The van der Waals surface area contributed by atoms with Crippen LogP contribution in [0.5, 0.6) is 0 Å². The number of carbonyl (C=O) groups is 3. The molecule has 0 aliphatic carbocycles. The molecule has 1 fully saturated rings. The summed E-state index contributed by atoms with van der Waals surface area (Å²) in [4.78, 5) is 34.9. The molecule has 0 bridgehead atoms. The number of alkyl halides is 3. The third-order valence-electron chi connectivity index (χ3n) is 5.53. The summed E-state index contributed by atoms with van der Waals surface area (Å²) < 4.78 is 31.7. The molecule has 0 radical (unpaired) electrons. The van der Waals surface area contributed by atoms with Gasteiger partial charge in [-0.25, -0.2) is 9.59 Å². The zero-order valence-corrected chi connectivity index (χ0v) is 19.7. The number of aryl methyl sites for hydroxylation is 1. The molecule has 190 valence electrons. The van der Waals surface area contributed by atoms with Gasteiger partial charge in [-0.15, -0.1) is 0 Å². The zero-order valence-electron chi connectivity index (χ0n) is 19.7. The topological polar surface area (TPSA) is 107 Å². The van der Waals surface area contributed by atoms with Gasteiger partial charge in [0, 0.05) is 31.1 Å². The van der Waals surface area contributed by atoms with Crippen LogP contribution >= 0.6 is 0 Å². The molecule has 1 amide bonds. The summed E-state index contributed by atoms with van der Waals surface area (Å²) >= 11 is 0. The number of nitrogens with zero attached hydrogens (tertiary/aromatic N) is 1. The summed E-state index contributed by atoms with van der Waals surface area (Å²) in [5, 5.41) is 19.5. The highest BCUT2D eigenvalue weighted by atomic mass is 19.4. The average molecular weight is 495 g/mol. The van der Waals surface area contributed by atoms with Crippen LogP contribution in [0.1, 0.15) is 54.1 Å². The van der Waals surface area contributed by atoms with E-state index in [1.165, 1.54) is 11.1 Å². The van der Waals surface area contributed by atoms with Crippen molar-refractivity contribution >= 4 is 29.2 Å². The lowest BCUT2D eigenvalue weighted by Gasteiger charge is -2.21. The number of carboxylic acids is 2. The molecular formula is C25H29F3N2O5. The molecule has 0 aromatic heterocycles. The molecule has 3 rings (SSSR count). The lowest BCUT2D eigenvalue weighted by molar-refractivity contribution is -0.192. The molecule has 1 aliphatic rings. The molecule has 1 unspecified atom stereocenters. The van der Waals surface area contributed by atoms with Gasteiger partial charge in [-0.05, 0) is 48.6 Å². The van der Waals surface area contributed by atoms with Crippen LogP contribution < -0.4 is 10.2 Å². The van der Waals surface area contributed by atoms with Crippen molar-refractivity contribution in [1.29, 1.82) is 0 Å². The van der Waals surface area contributed by atoms with Crippen LogP contribution in [0.2, 0.25) is 0 Å². The van der Waals surface area contributed by atoms with E-state index in [4.69, 9.17) is 9.90 Å². The predicted octanol–water partition coefficient (Wildman–Crippen LogP) is 5.31. The summed E-state index contributed by atoms with van der Waals surface area (Å²) in [6, 6.07) is 13.7. The van der Waals surface area contributed by atoms with E-state index < -0.39 is 18.1 Å². The highest BCUT2D eigenvalue weighted by Crippen LogP contribution is 2.33. The van der Waals surface area contributed by atoms with Crippen molar-refractivity contribution in [2.75, 3.05) is 23.3 Å². The minimum atomic E-state index is -5.08. The van der Waals surface area contributed by atoms with E-state index in [-0.39, 0.29) is 17.4 Å². The van der Waals surface area contributed by atoms with Crippen LogP contribution in [0.4, 0.5) is 24.5 Å². The molecular weight excluding hydrogens is 465 g/mol. The molecule has 7 nitrogen and oxygen atoms in total. The fourth-order valence-electron chi connectivity index (χ4n) is 3.88. The third kappa shape index (κ3) is 8.01. The zero-order chi connectivity index (χ0) is 26.3. The van der Waals surface area contributed by atoms with Crippen molar-refractivity contribution in [3.05, 3.63) is 59.2 Å². The highest BCUT2D eigenvalue weighted by molar-refractivity contribution is 6.01. The number of benzene rings is 2. The molecule has 0 spiro atoms. The first-order valence-corrected chi connectivity index (χ1v) is 11.1. The Labute approximate surface area is 201 Å². The van der Waals surface area contributed by atoms with Crippen LogP contribution in [-0.4, -0.2) is 47.3 Å². The van der Waals surface area contributed by atoms with E-state index in [1.807, 2.05) is 19.9 Å². The second-order valence-electron chi connectivity index (χ2n) is 8.77. The van der Waals surface area contributed by atoms with Crippen LogP contribution in [0.3, 0.4) is 0 Å². The van der Waals surface area contributed by atoms with Crippen molar-refractivity contribution in [3.8, 4) is 0 Å². The summed E-state index contributed by atoms with van der Waals surface area (Å²) in [5.41, 5.74) is 4.03. The molecule has 1 saturated heterocycles. The first-order valence-electron chi connectivity index (χ1n) is 11.1. The molecule has 1 heterocycles. The number of amides is 1.